The van der Waals surface area contributed by atoms with E-state index in [1.165, 1.54) is 22.4 Å². The fraction of sp³-hybridized carbons (Fsp3) is 0.286. The van der Waals surface area contributed by atoms with E-state index in [2.05, 4.69) is 58.5 Å². The summed E-state index contributed by atoms with van der Waals surface area (Å²) in [6.45, 7) is 0. The zero-order chi connectivity index (χ0) is 16.4. The highest BCUT2D eigenvalue weighted by Gasteiger charge is 2.40. The molecule has 1 aliphatic rings. The standard InChI is InChI=1S/C21H22N2O/c1-24-19-11-5-10-18-17(19)9-6-12-21(18,20-14-22-15-23-20)13-16-7-3-2-4-8-16/h2-5,7-8,10-11,14-15H,6,9,12-13H2,1H3,(H,22,23). The molecule has 2 aromatic carbocycles. The SMILES string of the molecule is COc1cccc2c1CCCC2(Cc1ccccc1)c1cnc[nH]1. The maximum Gasteiger partial charge on any atom is 0.122 e. The zero-order valence-electron chi connectivity index (χ0n) is 14.0. The molecule has 24 heavy (non-hydrogen) atoms. The van der Waals surface area contributed by atoms with Gasteiger partial charge in [0.1, 0.15) is 5.75 Å². The fourth-order valence-corrected chi connectivity index (χ4v) is 4.19. The maximum absolute atomic E-state index is 5.65. The van der Waals surface area contributed by atoms with Gasteiger partial charge in [-0.25, -0.2) is 4.98 Å². The third-order valence-corrected chi connectivity index (χ3v) is 5.26. The van der Waals surface area contributed by atoms with Crippen LogP contribution in [0.2, 0.25) is 0 Å². The maximum atomic E-state index is 5.65. The van der Waals surface area contributed by atoms with E-state index in [1.54, 1.807) is 13.4 Å². The highest BCUT2D eigenvalue weighted by atomic mass is 16.5. The minimum absolute atomic E-state index is 0.0695. The number of aromatic amines is 1. The molecule has 3 nitrogen and oxygen atoms in total. The van der Waals surface area contributed by atoms with Gasteiger partial charge in [0.15, 0.2) is 0 Å². The summed E-state index contributed by atoms with van der Waals surface area (Å²) in [5.41, 5.74) is 5.20. The van der Waals surface area contributed by atoms with E-state index in [0.717, 1.165) is 31.4 Å². The molecule has 1 N–H and O–H groups in total. The van der Waals surface area contributed by atoms with Crippen LogP contribution in [-0.2, 0) is 18.3 Å². The van der Waals surface area contributed by atoms with Crippen molar-refractivity contribution in [2.24, 2.45) is 0 Å². The van der Waals surface area contributed by atoms with Crippen LogP contribution >= 0.6 is 0 Å². The Morgan fingerprint density at radius 1 is 1.12 bits per heavy atom. The first kappa shape index (κ1) is 15.0. The third-order valence-electron chi connectivity index (χ3n) is 5.26. The van der Waals surface area contributed by atoms with Crippen LogP contribution < -0.4 is 4.74 Å². The second kappa shape index (κ2) is 6.16. The molecule has 1 atom stereocenters. The largest absolute Gasteiger partial charge is 0.496 e. The van der Waals surface area contributed by atoms with Crippen LogP contribution in [0.3, 0.4) is 0 Å². The van der Waals surface area contributed by atoms with Gasteiger partial charge in [0.05, 0.1) is 13.4 Å². The van der Waals surface area contributed by atoms with Crippen molar-refractivity contribution < 1.29 is 4.74 Å². The van der Waals surface area contributed by atoms with E-state index in [9.17, 15) is 0 Å². The topological polar surface area (TPSA) is 37.9 Å². The number of nitrogens with one attached hydrogen (secondary N) is 1. The fourth-order valence-electron chi connectivity index (χ4n) is 4.19. The molecule has 4 rings (SSSR count). The van der Waals surface area contributed by atoms with Gasteiger partial charge in [0.25, 0.3) is 0 Å². The molecule has 1 heterocycles. The molecule has 0 bridgehead atoms. The van der Waals surface area contributed by atoms with Crippen LogP contribution in [0.4, 0.5) is 0 Å². The Labute approximate surface area is 142 Å². The van der Waals surface area contributed by atoms with Crippen LogP contribution in [0.25, 0.3) is 0 Å². The number of rotatable bonds is 4. The normalized spacial score (nSPS) is 19.7. The van der Waals surface area contributed by atoms with E-state index >= 15 is 0 Å². The molecule has 1 unspecified atom stereocenters. The quantitative estimate of drug-likeness (QED) is 0.779. The lowest BCUT2D eigenvalue weighted by Gasteiger charge is -2.39. The van der Waals surface area contributed by atoms with Crippen molar-refractivity contribution in [3.8, 4) is 5.75 Å². The summed E-state index contributed by atoms with van der Waals surface area (Å²) in [7, 11) is 1.76. The number of aromatic nitrogens is 2. The first-order chi connectivity index (χ1) is 11.8. The lowest BCUT2D eigenvalue weighted by Crippen LogP contribution is -2.35. The van der Waals surface area contributed by atoms with E-state index in [1.807, 2.05) is 6.20 Å². The molecule has 0 aliphatic heterocycles. The lowest BCUT2D eigenvalue weighted by molar-refractivity contribution is 0.381. The van der Waals surface area contributed by atoms with Gasteiger partial charge >= 0.3 is 0 Å². The molecule has 0 saturated carbocycles. The number of imidazole rings is 1. The van der Waals surface area contributed by atoms with Crippen molar-refractivity contribution >= 4 is 0 Å². The van der Waals surface area contributed by atoms with Gasteiger partial charge in [-0.2, -0.15) is 0 Å². The lowest BCUT2D eigenvalue weighted by atomic mass is 9.65. The molecular formula is C21H22N2O. The Balaban J connectivity index is 1.90. The Morgan fingerprint density at radius 3 is 2.75 bits per heavy atom. The van der Waals surface area contributed by atoms with Gasteiger partial charge in [-0.3, -0.25) is 0 Å². The predicted molar refractivity (Wildman–Crippen MR) is 95.4 cm³/mol. The van der Waals surface area contributed by atoms with Crippen molar-refractivity contribution in [2.75, 3.05) is 7.11 Å². The number of methoxy groups -OCH3 is 1. The average Bonchev–Trinajstić information content (AvgIpc) is 3.17. The smallest absolute Gasteiger partial charge is 0.122 e. The second-order valence-corrected chi connectivity index (χ2v) is 6.55. The van der Waals surface area contributed by atoms with E-state index in [-0.39, 0.29) is 5.41 Å². The summed E-state index contributed by atoms with van der Waals surface area (Å²) in [5.74, 6) is 1.00. The molecule has 0 radical (unpaired) electrons. The summed E-state index contributed by atoms with van der Waals surface area (Å²) < 4.78 is 5.65. The molecule has 0 fully saturated rings. The Hall–Kier alpha value is -2.55. The molecule has 0 amide bonds. The summed E-state index contributed by atoms with van der Waals surface area (Å²) >= 11 is 0. The van der Waals surface area contributed by atoms with Crippen LogP contribution in [0, 0.1) is 0 Å². The Bertz CT molecular complexity index is 811. The Morgan fingerprint density at radius 2 is 2.00 bits per heavy atom. The molecule has 3 aromatic rings. The number of hydrogen-bond acceptors (Lipinski definition) is 2. The number of hydrogen-bond donors (Lipinski definition) is 1. The monoisotopic (exact) mass is 318 g/mol. The molecule has 1 aromatic heterocycles. The first-order valence-corrected chi connectivity index (χ1v) is 8.53. The summed E-state index contributed by atoms with van der Waals surface area (Å²) in [6.07, 6.45) is 8.08. The number of H-pyrrole nitrogens is 1. The van der Waals surface area contributed by atoms with Crippen molar-refractivity contribution in [2.45, 2.75) is 31.1 Å². The highest BCUT2D eigenvalue weighted by molar-refractivity contribution is 5.50. The summed E-state index contributed by atoms with van der Waals surface area (Å²) in [5, 5.41) is 0. The molecule has 0 saturated heterocycles. The number of fused-ring (bicyclic) bond motifs is 1. The molecule has 0 spiro atoms. The minimum Gasteiger partial charge on any atom is -0.496 e. The Kier molecular flexibility index (Phi) is 3.85. The van der Waals surface area contributed by atoms with Gasteiger partial charge in [-0.1, -0.05) is 42.5 Å². The summed E-state index contributed by atoms with van der Waals surface area (Å²) in [4.78, 5) is 7.71. The van der Waals surface area contributed by atoms with E-state index < -0.39 is 0 Å². The van der Waals surface area contributed by atoms with Gasteiger partial charge in [0, 0.05) is 17.3 Å². The van der Waals surface area contributed by atoms with Crippen molar-refractivity contribution in [1.82, 2.24) is 9.97 Å². The van der Waals surface area contributed by atoms with Gasteiger partial charge in [-0.05, 0) is 48.4 Å². The van der Waals surface area contributed by atoms with Crippen LogP contribution in [0.15, 0.2) is 61.1 Å². The van der Waals surface area contributed by atoms with E-state index in [4.69, 9.17) is 4.74 Å². The number of nitrogens with zero attached hydrogens (tertiary/aromatic N) is 1. The van der Waals surface area contributed by atoms with Crippen molar-refractivity contribution in [3.63, 3.8) is 0 Å². The zero-order valence-corrected chi connectivity index (χ0v) is 14.0. The molecule has 3 heteroatoms. The third kappa shape index (κ3) is 2.41. The molecule has 122 valence electrons. The average molecular weight is 318 g/mol. The number of benzene rings is 2. The molecule has 1 aliphatic carbocycles. The van der Waals surface area contributed by atoms with Crippen LogP contribution in [0.1, 0.15) is 35.2 Å². The number of ether oxygens (including phenoxy) is 1. The van der Waals surface area contributed by atoms with Crippen LogP contribution in [-0.4, -0.2) is 17.1 Å². The predicted octanol–water partition coefficient (Wildman–Crippen LogP) is 4.28. The van der Waals surface area contributed by atoms with Gasteiger partial charge in [-0.15, -0.1) is 0 Å². The van der Waals surface area contributed by atoms with Gasteiger partial charge < -0.3 is 9.72 Å². The highest BCUT2D eigenvalue weighted by Crippen LogP contribution is 2.46. The van der Waals surface area contributed by atoms with Crippen LogP contribution in [0.5, 0.6) is 5.75 Å². The first-order valence-electron chi connectivity index (χ1n) is 8.53. The molecular weight excluding hydrogens is 296 g/mol. The van der Waals surface area contributed by atoms with Crippen molar-refractivity contribution in [3.05, 3.63) is 83.4 Å². The van der Waals surface area contributed by atoms with Gasteiger partial charge in [0.2, 0.25) is 0 Å². The minimum atomic E-state index is -0.0695. The van der Waals surface area contributed by atoms with Crippen molar-refractivity contribution in [1.29, 1.82) is 0 Å². The van der Waals surface area contributed by atoms with E-state index in [0.29, 0.717) is 0 Å². The summed E-state index contributed by atoms with van der Waals surface area (Å²) in [6, 6.07) is 17.2. The second-order valence-electron chi connectivity index (χ2n) is 6.55.